The van der Waals surface area contributed by atoms with Crippen molar-refractivity contribution in [2.24, 2.45) is 0 Å². The Hall–Kier alpha value is -1.06. The zero-order chi connectivity index (χ0) is 13.7. The van der Waals surface area contributed by atoms with E-state index < -0.39 is 0 Å². The minimum absolute atomic E-state index is 0. The summed E-state index contributed by atoms with van der Waals surface area (Å²) in [4.78, 5) is 12.5. The Morgan fingerprint density at radius 1 is 1.30 bits per heavy atom. The molecule has 20 heavy (non-hydrogen) atoms. The molecule has 1 aromatic carbocycles. The first-order valence-corrected chi connectivity index (χ1v) is 7.26. The zero-order valence-electron chi connectivity index (χ0n) is 12.3. The lowest BCUT2D eigenvalue weighted by Crippen LogP contribution is -2.51. The van der Waals surface area contributed by atoms with Crippen molar-refractivity contribution in [3.63, 3.8) is 0 Å². The normalized spacial score (nSPS) is 17.5. The molecule has 0 unspecified atom stereocenters. The molecule has 2 N–H and O–H groups in total. The molecule has 112 valence electrons. The van der Waals surface area contributed by atoms with Crippen LogP contribution < -0.4 is 10.6 Å². The van der Waals surface area contributed by atoms with Gasteiger partial charge in [-0.1, -0.05) is 43.7 Å². The fourth-order valence-electron chi connectivity index (χ4n) is 2.77. The van der Waals surface area contributed by atoms with Crippen LogP contribution in [0.25, 0.3) is 0 Å². The SMILES string of the molecule is CCN[C@H](C)CNC(=O)C1(c2ccccc2)CCC1.Cl. The van der Waals surface area contributed by atoms with Crippen molar-refractivity contribution in [1.29, 1.82) is 0 Å². The molecule has 1 fully saturated rings. The third-order valence-corrected chi connectivity index (χ3v) is 4.09. The van der Waals surface area contributed by atoms with E-state index in [1.54, 1.807) is 0 Å². The number of amides is 1. The van der Waals surface area contributed by atoms with E-state index in [9.17, 15) is 4.79 Å². The molecule has 1 saturated carbocycles. The lowest BCUT2D eigenvalue weighted by atomic mass is 9.64. The minimum Gasteiger partial charge on any atom is -0.354 e. The predicted octanol–water partition coefficient (Wildman–Crippen LogP) is 2.64. The number of hydrogen-bond donors (Lipinski definition) is 2. The van der Waals surface area contributed by atoms with Crippen LogP contribution >= 0.6 is 12.4 Å². The molecule has 1 atom stereocenters. The highest BCUT2D eigenvalue weighted by Crippen LogP contribution is 2.43. The Bertz CT molecular complexity index is 418. The van der Waals surface area contributed by atoms with Gasteiger partial charge in [0.15, 0.2) is 0 Å². The first-order valence-electron chi connectivity index (χ1n) is 7.26. The molecular formula is C16H25ClN2O. The number of rotatable bonds is 6. The molecule has 4 heteroatoms. The molecule has 1 amide bonds. The van der Waals surface area contributed by atoms with Crippen molar-refractivity contribution in [2.75, 3.05) is 13.1 Å². The van der Waals surface area contributed by atoms with Crippen LogP contribution in [0.15, 0.2) is 30.3 Å². The van der Waals surface area contributed by atoms with E-state index >= 15 is 0 Å². The topological polar surface area (TPSA) is 41.1 Å². The number of halogens is 1. The molecule has 0 aliphatic heterocycles. The Morgan fingerprint density at radius 3 is 2.45 bits per heavy atom. The Balaban J connectivity index is 0.00000200. The average Bonchev–Trinajstić information content (AvgIpc) is 2.37. The van der Waals surface area contributed by atoms with Gasteiger partial charge in [-0.3, -0.25) is 4.79 Å². The summed E-state index contributed by atoms with van der Waals surface area (Å²) in [5, 5.41) is 6.42. The summed E-state index contributed by atoms with van der Waals surface area (Å²) < 4.78 is 0. The molecule has 0 bridgehead atoms. The molecule has 0 heterocycles. The summed E-state index contributed by atoms with van der Waals surface area (Å²) in [5.41, 5.74) is 0.891. The molecule has 0 radical (unpaired) electrons. The Morgan fingerprint density at radius 2 is 1.95 bits per heavy atom. The van der Waals surface area contributed by atoms with Gasteiger partial charge in [-0.2, -0.15) is 0 Å². The second-order valence-corrected chi connectivity index (χ2v) is 5.47. The van der Waals surface area contributed by atoms with E-state index in [1.807, 2.05) is 18.2 Å². The van der Waals surface area contributed by atoms with Crippen LogP contribution in [-0.4, -0.2) is 25.0 Å². The highest BCUT2D eigenvalue weighted by Gasteiger charge is 2.45. The highest BCUT2D eigenvalue weighted by molar-refractivity contribution is 5.89. The van der Waals surface area contributed by atoms with Gasteiger partial charge >= 0.3 is 0 Å². The average molecular weight is 297 g/mol. The standard InChI is InChI=1S/C16H24N2O.ClH/c1-3-17-13(2)12-18-15(19)16(10-7-11-16)14-8-5-4-6-9-14;/h4-6,8-9,13,17H,3,7,10-12H2,1-2H3,(H,18,19);1H/t13-;/m1./s1. The van der Waals surface area contributed by atoms with Crippen LogP contribution in [0.5, 0.6) is 0 Å². The van der Waals surface area contributed by atoms with Crippen molar-refractivity contribution in [3.05, 3.63) is 35.9 Å². The number of carbonyl (C=O) groups excluding carboxylic acids is 1. The highest BCUT2D eigenvalue weighted by atomic mass is 35.5. The second-order valence-electron chi connectivity index (χ2n) is 5.47. The summed E-state index contributed by atoms with van der Waals surface area (Å²) in [5.74, 6) is 0.190. The summed E-state index contributed by atoms with van der Waals surface area (Å²) in [6.45, 7) is 5.80. The third-order valence-electron chi connectivity index (χ3n) is 4.09. The van der Waals surface area contributed by atoms with Crippen LogP contribution in [0.3, 0.4) is 0 Å². The van der Waals surface area contributed by atoms with Crippen LogP contribution in [0.4, 0.5) is 0 Å². The van der Waals surface area contributed by atoms with Crippen LogP contribution in [0.1, 0.15) is 38.7 Å². The van der Waals surface area contributed by atoms with E-state index in [1.165, 1.54) is 0 Å². The Kier molecular flexibility index (Phi) is 6.50. The quantitative estimate of drug-likeness (QED) is 0.847. The molecule has 2 rings (SSSR count). The maximum atomic E-state index is 12.5. The Labute approximate surface area is 127 Å². The van der Waals surface area contributed by atoms with Crippen LogP contribution in [-0.2, 0) is 10.2 Å². The maximum Gasteiger partial charge on any atom is 0.230 e. The van der Waals surface area contributed by atoms with E-state index in [4.69, 9.17) is 0 Å². The monoisotopic (exact) mass is 296 g/mol. The van der Waals surface area contributed by atoms with Crippen molar-refractivity contribution >= 4 is 18.3 Å². The predicted molar refractivity (Wildman–Crippen MR) is 85.4 cm³/mol. The van der Waals surface area contributed by atoms with E-state index in [2.05, 4.69) is 36.6 Å². The van der Waals surface area contributed by atoms with E-state index in [0.29, 0.717) is 12.6 Å². The van der Waals surface area contributed by atoms with Gasteiger partial charge in [0, 0.05) is 12.6 Å². The molecule has 1 aliphatic carbocycles. The summed E-state index contributed by atoms with van der Waals surface area (Å²) in [6, 6.07) is 10.5. The first-order chi connectivity index (χ1) is 9.19. The van der Waals surface area contributed by atoms with Crippen molar-refractivity contribution in [1.82, 2.24) is 10.6 Å². The third kappa shape index (κ3) is 3.53. The molecule has 0 aromatic heterocycles. The first kappa shape index (κ1) is 17.0. The van der Waals surface area contributed by atoms with Gasteiger partial charge in [-0.25, -0.2) is 0 Å². The van der Waals surface area contributed by atoms with Gasteiger partial charge in [-0.15, -0.1) is 12.4 Å². The molecule has 0 spiro atoms. The molecular weight excluding hydrogens is 272 g/mol. The molecule has 0 saturated heterocycles. The summed E-state index contributed by atoms with van der Waals surface area (Å²) >= 11 is 0. The number of likely N-dealkylation sites (N-methyl/N-ethyl adjacent to an activating group) is 1. The maximum absolute atomic E-state index is 12.5. The van der Waals surface area contributed by atoms with E-state index in [-0.39, 0.29) is 23.7 Å². The van der Waals surface area contributed by atoms with Gasteiger partial charge in [0.2, 0.25) is 5.91 Å². The lowest BCUT2D eigenvalue weighted by molar-refractivity contribution is -0.130. The lowest BCUT2D eigenvalue weighted by Gasteiger charge is -2.41. The van der Waals surface area contributed by atoms with Crippen LogP contribution in [0.2, 0.25) is 0 Å². The van der Waals surface area contributed by atoms with Gasteiger partial charge in [0.25, 0.3) is 0 Å². The summed E-state index contributed by atoms with van der Waals surface area (Å²) in [6.07, 6.45) is 3.09. The van der Waals surface area contributed by atoms with Gasteiger partial charge < -0.3 is 10.6 Å². The zero-order valence-corrected chi connectivity index (χ0v) is 13.1. The van der Waals surface area contributed by atoms with Gasteiger partial charge in [0.1, 0.15) is 0 Å². The fraction of sp³-hybridized carbons (Fsp3) is 0.562. The summed E-state index contributed by atoms with van der Waals surface area (Å²) in [7, 11) is 0. The minimum atomic E-state index is -0.271. The van der Waals surface area contributed by atoms with Crippen molar-refractivity contribution in [2.45, 2.75) is 44.6 Å². The van der Waals surface area contributed by atoms with Crippen molar-refractivity contribution in [3.8, 4) is 0 Å². The molecule has 3 nitrogen and oxygen atoms in total. The smallest absolute Gasteiger partial charge is 0.230 e. The number of carbonyl (C=O) groups is 1. The van der Waals surface area contributed by atoms with Gasteiger partial charge in [0.05, 0.1) is 5.41 Å². The van der Waals surface area contributed by atoms with E-state index in [0.717, 1.165) is 31.4 Å². The second kappa shape index (κ2) is 7.65. The van der Waals surface area contributed by atoms with Crippen molar-refractivity contribution < 1.29 is 4.79 Å². The number of nitrogens with one attached hydrogen (secondary N) is 2. The number of hydrogen-bond acceptors (Lipinski definition) is 2. The largest absolute Gasteiger partial charge is 0.354 e. The fourth-order valence-corrected chi connectivity index (χ4v) is 2.77. The molecule has 1 aliphatic rings. The van der Waals surface area contributed by atoms with Crippen LogP contribution in [0, 0.1) is 0 Å². The number of benzene rings is 1. The van der Waals surface area contributed by atoms with Gasteiger partial charge in [-0.05, 0) is 31.9 Å². The molecule has 1 aromatic rings.